The number of nitrogens with zero attached hydrogens (tertiary/aromatic N) is 3. The number of aliphatic imine (C=N–C) groups is 1. The van der Waals surface area contributed by atoms with E-state index in [1.54, 1.807) is 13.1 Å². The second kappa shape index (κ2) is 8.93. The van der Waals surface area contributed by atoms with Gasteiger partial charge in [0.2, 0.25) is 0 Å². The van der Waals surface area contributed by atoms with Crippen molar-refractivity contribution >= 4 is 29.9 Å². The Balaban J connectivity index is 0.00000300. The van der Waals surface area contributed by atoms with Crippen LogP contribution in [0.5, 0.6) is 0 Å². The third kappa shape index (κ3) is 5.23. The molecule has 3 rings (SSSR count). The van der Waals surface area contributed by atoms with Crippen LogP contribution in [0.4, 0.5) is 13.2 Å². The fraction of sp³-hybridized carbons (Fsp3) is 0.500. The Morgan fingerprint density at radius 2 is 1.93 bits per heavy atom. The van der Waals surface area contributed by atoms with Crippen LogP contribution in [0.25, 0.3) is 0 Å². The Kier molecular flexibility index (Phi) is 7.23. The number of hydrogen-bond donors (Lipinski definition) is 2. The van der Waals surface area contributed by atoms with Gasteiger partial charge >= 0.3 is 6.18 Å². The second-order valence-corrected chi connectivity index (χ2v) is 7.41. The molecule has 0 spiro atoms. The summed E-state index contributed by atoms with van der Waals surface area (Å²) in [6.45, 7) is 5.10. The molecule has 9 heteroatoms. The number of halogens is 4. The number of aromatic nitrogens is 2. The molecule has 1 aromatic heterocycles. The molecule has 0 saturated heterocycles. The van der Waals surface area contributed by atoms with Gasteiger partial charge in [0.15, 0.2) is 5.96 Å². The van der Waals surface area contributed by atoms with Crippen molar-refractivity contribution in [3.63, 3.8) is 0 Å². The van der Waals surface area contributed by atoms with Gasteiger partial charge in [-0.3, -0.25) is 9.67 Å². The molecule has 0 unspecified atom stereocenters. The highest BCUT2D eigenvalue weighted by Crippen LogP contribution is 2.48. The predicted molar refractivity (Wildman–Crippen MR) is 119 cm³/mol. The molecule has 0 bridgehead atoms. The van der Waals surface area contributed by atoms with E-state index in [4.69, 9.17) is 0 Å². The molecule has 1 fully saturated rings. The largest absolute Gasteiger partial charge is 0.416 e. The minimum atomic E-state index is -4.32. The van der Waals surface area contributed by atoms with Crippen molar-refractivity contribution in [3.8, 4) is 0 Å². The summed E-state index contributed by atoms with van der Waals surface area (Å²) in [5.41, 5.74) is 3.03. The maximum atomic E-state index is 13.0. The molecule has 1 heterocycles. The molecule has 29 heavy (non-hydrogen) atoms. The van der Waals surface area contributed by atoms with E-state index < -0.39 is 11.7 Å². The number of aryl methyl sites for hydroxylation is 2. The third-order valence-electron chi connectivity index (χ3n) is 5.57. The molecular weight excluding hydrogens is 494 g/mol. The van der Waals surface area contributed by atoms with Crippen molar-refractivity contribution in [1.82, 2.24) is 20.4 Å². The number of nitrogens with one attached hydrogen (secondary N) is 2. The van der Waals surface area contributed by atoms with Crippen LogP contribution in [0, 0.1) is 13.8 Å². The van der Waals surface area contributed by atoms with Gasteiger partial charge in [-0.05, 0) is 38.3 Å². The molecule has 5 nitrogen and oxygen atoms in total. The van der Waals surface area contributed by atoms with Gasteiger partial charge in [-0.25, -0.2) is 0 Å². The fourth-order valence-electron chi connectivity index (χ4n) is 3.46. The summed E-state index contributed by atoms with van der Waals surface area (Å²) in [6, 6.07) is 5.65. The minimum absolute atomic E-state index is 0. The van der Waals surface area contributed by atoms with Gasteiger partial charge in [-0.2, -0.15) is 18.3 Å². The van der Waals surface area contributed by atoms with E-state index in [0.29, 0.717) is 19.0 Å². The molecule has 1 aliphatic carbocycles. The molecule has 1 saturated carbocycles. The monoisotopic (exact) mass is 521 g/mol. The second-order valence-electron chi connectivity index (χ2n) is 7.41. The summed E-state index contributed by atoms with van der Waals surface area (Å²) in [5, 5.41) is 11.0. The summed E-state index contributed by atoms with van der Waals surface area (Å²) >= 11 is 0. The van der Waals surface area contributed by atoms with Crippen LogP contribution in [0.1, 0.15) is 40.9 Å². The summed E-state index contributed by atoms with van der Waals surface area (Å²) in [4.78, 5) is 4.24. The van der Waals surface area contributed by atoms with E-state index in [9.17, 15) is 13.2 Å². The maximum absolute atomic E-state index is 13.0. The van der Waals surface area contributed by atoms with E-state index >= 15 is 0 Å². The lowest BCUT2D eigenvalue weighted by Crippen LogP contribution is -2.41. The van der Waals surface area contributed by atoms with Gasteiger partial charge in [-0.1, -0.05) is 18.2 Å². The van der Waals surface area contributed by atoms with Gasteiger partial charge in [0.05, 0.1) is 11.3 Å². The van der Waals surface area contributed by atoms with Crippen molar-refractivity contribution in [2.45, 2.75) is 44.8 Å². The quantitative estimate of drug-likeness (QED) is 0.355. The lowest BCUT2D eigenvalue weighted by Gasteiger charge is -2.20. The zero-order valence-corrected chi connectivity index (χ0v) is 19.4. The lowest BCUT2D eigenvalue weighted by molar-refractivity contribution is -0.137. The molecule has 0 amide bonds. The standard InChI is InChI=1S/C20H26F3N5.HI/c1-13-17(14(2)28(4)27-13)11-25-18(24-3)26-12-19(8-9-19)15-6-5-7-16(10-15)20(21,22)23;/h5-7,10H,8-9,11-12H2,1-4H3,(H2,24,25,26);1H. The summed E-state index contributed by atoms with van der Waals surface area (Å²) in [5.74, 6) is 0.626. The van der Waals surface area contributed by atoms with E-state index in [2.05, 4.69) is 20.7 Å². The number of rotatable bonds is 5. The first-order valence-corrected chi connectivity index (χ1v) is 9.27. The highest BCUT2D eigenvalue weighted by Gasteiger charge is 2.45. The van der Waals surface area contributed by atoms with Gasteiger partial charge in [-0.15, -0.1) is 24.0 Å². The Labute approximate surface area is 186 Å². The topological polar surface area (TPSA) is 54.2 Å². The molecule has 0 atom stereocenters. The first-order chi connectivity index (χ1) is 13.2. The van der Waals surface area contributed by atoms with Gasteiger partial charge in [0, 0.05) is 43.9 Å². The van der Waals surface area contributed by atoms with E-state index in [-0.39, 0.29) is 29.4 Å². The highest BCUT2D eigenvalue weighted by atomic mass is 127. The highest BCUT2D eigenvalue weighted by molar-refractivity contribution is 14.0. The van der Waals surface area contributed by atoms with Crippen molar-refractivity contribution in [3.05, 3.63) is 52.3 Å². The Hall–Kier alpha value is -1.78. The van der Waals surface area contributed by atoms with Crippen LogP contribution < -0.4 is 10.6 Å². The fourth-order valence-corrected chi connectivity index (χ4v) is 3.46. The molecular formula is C20H27F3IN5. The zero-order valence-electron chi connectivity index (χ0n) is 17.0. The van der Waals surface area contributed by atoms with Gasteiger partial charge in [0.1, 0.15) is 0 Å². The van der Waals surface area contributed by atoms with Crippen LogP contribution in [-0.2, 0) is 25.2 Å². The van der Waals surface area contributed by atoms with E-state index in [1.165, 1.54) is 12.1 Å². The molecule has 2 aromatic rings. The first kappa shape index (κ1) is 23.5. The molecule has 0 radical (unpaired) electrons. The SMILES string of the molecule is CN=C(NCc1c(C)nn(C)c1C)NCC1(c2cccc(C(F)(F)F)c2)CC1.I. The Morgan fingerprint density at radius 1 is 1.24 bits per heavy atom. The first-order valence-electron chi connectivity index (χ1n) is 9.27. The lowest BCUT2D eigenvalue weighted by atomic mass is 9.94. The molecule has 2 N–H and O–H groups in total. The Bertz CT molecular complexity index is 885. The van der Waals surface area contributed by atoms with Crippen molar-refractivity contribution < 1.29 is 13.2 Å². The van der Waals surface area contributed by atoms with Crippen LogP contribution in [-0.4, -0.2) is 29.3 Å². The molecule has 1 aromatic carbocycles. The average molecular weight is 521 g/mol. The number of alkyl halides is 3. The minimum Gasteiger partial charge on any atom is -0.356 e. The maximum Gasteiger partial charge on any atom is 0.416 e. The Morgan fingerprint density at radius 3 is 2.45 bits per heavy atom. The van der Waals surface area contributed by atoms with Crippen LogP contribution in [0.3, 0.4) is 0 Å². The van der Waals surface area contributed by atoms with E-state index in [0.717, 1.165) is 41.4 Å². The smallest absolute Gasteiger partial charge is 0.356 e. The number of guanidine groups is 1. The van der Waals surface area contributed by atoms with Crippen molar-refractivity contribution in [1.29, 1.82) is 0 Å². The van der Waals surface area contributed by atoms with Crippen LogP contribution >= 0.6 is 24.0 Å². The van der Waals surface area contributed by atoms with Gasteiger partial charge < -0.3 is 10.6 Å². The normalized spacial score (nSPS) is 15.6. The van der Waals surface area contributed by atoms with Crippen molar-refractivity contribution in [2.24, 2.45) is 12.0 Å². The van der Waals surface area contributed by atoms with Gasteiger partial charge in [0.25, 0.3) is 0 Å². The summed E-state index contributed by atoms with van der Waals surface area (Å²) in [6.07, 6.45) is -2.60. The number of benzene rings is 1. The predicted octanol–water partition coefficient (Wildman–Crippen LogP) is 4.07. The van der Waals surface area contributed by atoms with Crippen molar-refractivity contribution in [2.75, 3.05) is 13.6 Å². The van der Waals surface area contributed by atoms with E-state index in [1.807, 2.05) is 25.6 Å². The molecule has 1 aliphatic rings. The summed E-state index contributed by atoms with van der Waals surface area (Å²) in [7, 11) is 3.59. The average Bonchev–Trinajstić information content (AvgIpc) is 3.40. The molecule has 160 valence electrons. The number of hydrogen-bond acceptors (Lipinski definition) is 2. The zero-order chi connectivity index (χ0) is 20.5. The van der Waals surface area contributed by atoms with Crippen LogP contribution in [0.15, 0.2) is 29.3 Å². The molecule has 0 aliphatic heterocycles. The summed E-state index contributed by atoms with van der Waals surface area (Å²) < 4.78 is 40.9. The third-order valence-corrected chi connectivity index (χ3v) is 5.57. The van der Waals surface area contributed by atoms with Crippen LogP contribution in [0.2, 0.25) is 0 Å².